The first kappa shape index (κ1) is 10.2. The van der Waals surface area contributed by atoms with Crippen molar-refractivity contribution in [3.63, 3.8) is 0 Å². The number of rotatable bonds is 2. The predicted molar refractivity (Wildman–Crippen MR) is 66.7 cm³/mol. The van der Waals surface area contributed by atoms with Gasteiger partial charge >= 0.3 is 0 Å². The van der Waals surface area contributed by atoms with Crippen molar-refractivity contribution in [2.45, 2.75) is 13.3 Å². The Morgan fingerprint density at radius 2 is 2.33 bits per heavy atom. The van der Waals surface area contributed by atoms with Gasteiger partial charge in [0.15, 0.2) is 0 Å². The Morgan fingerprint density at radius 1 is 1.53 bits per heavy atom. The molecule has 2 aromatic heterocycles. The van der Waals surface area contributed by atoms with Crippen molar-refractivity contribution in [1.29, 1.82) is 5.26 Å². The average Bonchev–Trinajstić information content (AvgIpc) is 2.78. The Labute approximate surface area is 96.3 Å². The molecule has 2 N–H and O–H groups in total. The minimum atomic E-state index is 0.633. The van der Waals surface area contributed by atoms with Gasteiger partial charge < -0.3 is 5.73 Å². The first-order chi connectivity index (χ1) is 7.26. The van der Waals surface area contributed by atoms with Crippen LogP contribution in [0.5, 0.6) is 0 Å². The number of hydrogen-bond donors (Lipinski definition) is 1. The lowest BCUT2D eigenvalue weighted by Crippen LogP contribution is -1.97. The Hall–Kier alpha value is -1.31. The summed E-state index contributed by atoms with van der Waals surface area (Å²) in [5.41, 5.74) is 7.26. The summed E-state index contributed by atoms with van der Waals surface area (Å²) in [7, 11) is 0. The van der Waals surface area contributed by atoms with E-state index in [4.69, 9.17) is 11.0 Å². The van der Waals surface area contributed by atoms with Crippen LogP contribution in [-0.4, -0.2) is 0 Å². The van der Waals surface area contributed by atoms with Gasteiger partial charge in [0, 0.05) is 9.40 Å². The standard InChI is InChI=1S/C11H10N2S2/c1-2-7(6-12)11(13)10-5-9-8(15-10)3-4-14-9/h3-5H,2,13H2,1H3/b11-7-. The number of nitrogens with two attached hydrogens (primary N) is 1. The third-order valence-electron chi connectivity index (χ3n) is 2.22. The fourth-order valence-corrected chi connectivity index (χ4v) is 3.47. The minimum Gasteiger partial charge on any atom is -0.397 e. The fourth-order valence-electron chi connectivity index (χ4n) is 1.38. The van der Waals surface area contributed by atoms with Gasteiger partial charge in [0.2, 0.25) is 0 Å². The molecule has 2 rings (SSSR count). The van der Waals surface area contributed by atoms with Crippen LogP contribution in [0.4, 0.5) is 0 Å². The van der Waals surface area contributed by atoms with Gasteiger partial charge in [-0.15, -0.1) is 22.7 Å². The second-order valence-corrected chi connectivity index (χ2v) is 5.15. The van der Waals surface area contributed by atoms with Crippen LogP contribution in [0.1, 0.15) is 18.2 Å². The van der Waals surface area contributed by atoms with E-state index in [9.17, 15) is 0 Å². The molecule has 0 saturated heterocycles. The molecule has 0 saturated carbocycles. The van der Waals surface area contributed by atoms with E-state index in [1.807, 2.05) is 6.92 Å². The van der Waals surface area contributed by atoms with Gasteiger partial charge in [0.1, 0.15) is 0 Å². The van der Waals surface area contributed by atoms with E-state index >= 15 is 0 Å². The maximum atomic E-state index is 8.90. The molecule has 0 aliphatic heterocycles. The van der Waals surface area contributed by atoms with Crippen LogP contribution >= 0.6 is 22.7 Å². The molecule has 0 fully saturated rings. The van der Waals surface area contributed by atoms with E-state index in [0.29, 0.717) is 17.7 Å². The van der Waals surface area contributed by atoms with Crippen LogP contribution in [-0.2, 0) is 0 Å². The van der Waals surface area contributed by atoms with Gasteiger partial charge in [0.05, 0.1) is 22.2 Å². The predicted octanol–water partition coefficient (Wildman–Crippen LogP) is 3.57. The molecule has 2 heterocycles. The van der Waals surface area contributed by atoms with Gasteiger partial charge in [-0.2, -0.15) is 5.26 Å². The number of nitriles is 1. The van der Waals surface area contributed by atoms with E-state index in [2.05, 4.69) is 23.6 Å². The molecular weight excluding hydrogens is 224 g/mol. The normalized spacial score (nSPS) is 12.5. The Morgan fingerprint density at radius 3 is 2.93 bits per heavy atom. The van der Waals surface area contributed by atoms with Gasteiger partial charge in [-0.3, -0.25) is 0 Å². The van der Waals surface area contributed by atoms with Gasteiger partial charge in [-0.25, -0.2) is 0 Å². The largest absolute Gasteiger partial charge is 0.397 e. The summed E-state index contributed by atoms with van der Waals surface area (Å²) >= 11 is 3.35. The highest BCUT2D eigenvalue weighted by Crippen LogP contribution is 2.33. The van der Waals surface area contributed by atoms with Crippen molar-refractivity contribution in [3.8, 4) is 6.07 Å². The van der Waals surface area contributed by atoms with Crippen molar-refractivity contribution in [3.05, 3.63) is 28.0 Å². The quantitative estimate of drug-likeness (QED) is 0.808. The number of allylic oxidation sites excluding steroid dienone is 1. The molecule has 0 radical (unpaired) electrons. The molecule has 2 nitrogen and oxygen atoms in total. The SMILES string of the molecule is CC/C(C#N)=C(/N)c1cc2sccc2s1. The molecule has 0 aliphatic carbocycles. The highest BCUT2D eigenvalue weighted by atomic mass is 32.1. The number of hydrogen-bond acceptors (Lipinski definition) is 4. The van der Waals surface area contributed by atoms with E-state index < -0.39 is 0 Å². The third-order valence-corrected chi connectivity index (χ3v) is 4.35. The monoisotopic (exact) mass is 234 g/mol. The highest BCUT2D eigenvalue weighted by molar-refractivity contribution is 7.27. The molecule has 0 unspecified atom stereocenters. The minimum absolute atomic E-state index is 0.633. The van der Waals surface area contributed by atoms with E-state index in [-0.39, 0.29) is 0 Å². The van der Waals surface area contributed by atoms with Crippen molar-refractivity contribution < 1.29 is 0 Å². The molecule has 76 valence electrons. The number of thiophene rings is 2. The topological polar surface area (TPSA) is 49.8 Å². The average molecular weight is 234 g/mol. The van der Waals surface area contributed by atoms with Crippen molar-refractivity contribution >= 4 is 37.8 Å². The Balaban J connectivity index is 2.52. The molecule has 0 aliphatic rings. The second-order valence-electron chi connectivity index (χ2n) is 3.12. The first-order valence-corrected chi connectivity index (χ1v) is 6.32. The van der Waals surface area contributed by atoms with E-state index in [1.165, 1.54) is 9.40 Å². The molecule has 0 aromatic carbocycles. The summed E-state index contributed by atoms with van der Waals surface area (Å²) in [6.45, 7) is 1.95. The number of fused-ring (bicyclic) bond motifs is 1. The number of nitrogens with zero attached hydrogens (tertiary/aromatic N) is 1. The fraction of sp³-hybridized carbons (Fsp3) is 0.182. The summed E-state index contributed by atoms with van der Waals surface area (Å²) in [5.74, 6) is 0. The maximum Gasteiger partial charge on any atom is 0.0969 e. The van der Waals surface area contributed by atoms with Crippen LogP contribution in [0.15, 0.2) is 23.1 Å². The lowest BCUT2D eigenvalue weighted by atomic mass is 10.1. The molecule has 4 heteroatoms. The van der Waals surface area contributed by atoms with Gasteiger partial charge in [0.25, 0.3) is 0 Å². The second kappa shape index (κ2) is 4.05. The summed E-state index contributed by atoms with van der Waals surface area (Å²) in [6, 6.07) is 6.30. The van der Waals surface area contributed by atoms with Crippen LogP contribution < -0.4 is 5.73 Å². The summed E-state index contributed by atoms with van der Waals surface area (Å²) in [4.78, 5) is 1.01. The van der Waals surface area contributed by atoms with Crippen LogP contribution in [0.3, 0.4) is 0 Å². The molecule has 0 atom stereocenters. The van der Waals surface area contributed by atoms with Crippen LogP contribution in [0, 0.1) is 11.3 Å². The maximum absolute atomic E-state index is 8.90. The molecule has 0 amide bonds. The van der Waals surface area contributed by atoms with Gasteiger partial charge in [-0.05, 0) is 23.9 Å². The van der Waals surface area contributed by atoms with E-state index in [1.54, 1.807) is 22.7 Å². The summed E-state index contributed by atoms with van der Waals surface area (Å²) < 4.78 is 2.48. The zero-order valence-electron chi connectivity index (χ0n) is 8.28. The summed E-state index contributed by atoms with van der Waals surface area (Å²) in [6.07, 6.45) is 0.688. The summed E-state index contributed by atoms with van der Waals surface area (Å²) in [5, 5.41) is 11.0. The van der Waals surface area contributed by atoms with E-state index in [0.717, 1.165) is 4.88 Å². The smallest absolute Gasteiger partial charge is 0.0969 e. The van der Waals surface area contributed by atoms with Crippen molar-refractivity contribution in [2.75, 3.05) is 0 Å². The Bertz CT molecular complexity index is 526. The molecular formula is C11H10N2S2. The van der Waals surface area contributed by atoms with Crippen molar-refractivity contribution in [1.82, 2.24) is 0 Å². The molecule has 0 bridgehead atoms. The van der Waals surface area contributed by atoms with Crippen LogP contribution in [0.2, 0.25) is 0 Å². The molecule has 15 heavy (non-hydrogen) atoms. The zero-order valence-corrected chi connectivity index (χ0v) is 9.91. The lowest BCUT2D eigenvalue weighted by Gasteiger charge is -1.99. The molecule has 2 aromatic rings. The first-order valence-electron chi connectivity index (χ1n) is 4.62. The Kier molecular flexibility index (Phi) is 2.76. The van der Waals surface area contributed by atoms with Crippen molar-refractivity contribution in [2.24, 2.45) is 5.73 Å². The van der Waals surface area contributed by atoms with Crippen LogP contribution in [0.25, 0.3) is 15.1 Å². The van der Waals surface area contributed by atoms with Gasteiger partial charge in [-0.1, -0.05) is 6.92 Å². The zero-order chi connectivity index (χ0) is 10.8. The third kappa shape index (κ3) is 1.76. The highest BCUT2D eigenvalue weighted by Gasteiger charge is 2.08. The molecule has 0 spiro atoms. The lowest BCUT2D eigenvalue weighted by molar-refractivity contribution is 1.15.